The minimum atomic E-state index is -0.180. The van der Waals surface area contributed by atoms with E-state index in [0.29, 0.717) is 0 Å². The number of carbonyl (C=O) groups excluding carboxylic acids is 1. The topological polar surface area (TPSA) is 41.1 Å². The Labute approximate surface area is 113 Å². The molecule has 3 heteroatoms. The minimum absolute atomic E-state index is 0.136. The number of hydrogen-bond donors (Lipinski definition) is 2. The fraction of sp³-hybridized carbons (Fsp3) is 0.312. The van der Waals surface area contributed by atoms with Gasteiger partial charge in [0.05, 0.1) is 5.41 Å². The minimum Gasteiger partial charge on any atom is -0.326 e. The summed E-state index contributed by atoms with van der Waals surface area (Å²) in [4.78, 5) is 12.3. The van der Waals surface area contributed by atoms with Crippen molar-refractivity contribution in [1.29, 1.82) is 0 Å². The molecule has 19 heavy (non-hydrogen) atoms. The van der Waals surface area contributed by atoms with Gasteiger partial charge in [-0.1, -0.05) is 30.3 Å². The van der Waals surface area contributed by atoms with E-state index in [0.717, 1.165) is 30.5 Å². The monoisotopic (exact) mass is 254 g/mol. The van der Waals surface area contributed by atoms with Crippen molar-refractivity contribution < 1.29 is 4.79 Å². The second-order valence-corrected chi connectivity index (χ2v) is 5.33. The van der Waals surface area contributed by atoms with Crippen molar-refractivity contribution >= 4 is 22.4 Å². The van der Waals surface area contributed by atoms with Crippen molar-refractivity contribution in [2.24, 2.45) is 5.41 Å². The maximum Gasteiger partial charge on any atom is 0.231 e. The average Bonchev–Trinajstić information content (AvgIpc) is 3.20. The number of anilines is 1. The Bertz CT molecular complexity index is 617. The molecule has 0 aliphatic heterocycles. The third kappa shape index (κ3) is 2.34. The van der Waals surface area contributed by atoms with Crippen LogP contribution in [0.25, 0.3) is 10.8 Å². The van der Waals surface area contributed by atoms with Gasteiger partial charge in [0.2, 0.25) is 5.91 Å². The van der Waals surface area contributed by atoms with Crippen LogP contribution < -0.4 is 10.6 Å². The van der Waals surface area contributed by atoms with Crippen LogP contribution in [0.3, 0.4) is 0 Å². The van der Waals surface area contributed by atoms with Crippen molar-refractivity contribution in [3.05, 3.63) is 42.5 Å². The second-order valence-electron chi connectivity index (χ2n) is 5.33. The van der Waals surface area contributed by atoms with Gasteiger partial charge in [-0.05, 0) is 42.8 Å². The van der Waals surface area contributed by atoms with Crippen LogP contribution >= 0.6 is 0 Å². The van der Waals surface area contributed by atoms with Crippen LogP contribution in [0.5, 0.6) is 0 Å². The molecule has 1 fully saturated rings. The predicted molar refractivity (Wildman–Crippen MR) is 78.2 cm³/mol. The average molecular weight is 254 g/mol. The SMILES string of the molecule is CNCC1(C(=O)Nc2ccc3ccccc3c2)CC1. The van der Waals surface area contributed by atoms with Crippen molar-refractivity contribution in [2.75, 3.05) is 18.9 Å². The van der Waals surface area contributed by atoms with E-state index in [2.05, 4.69) is 22.8 Å². The fourth-order valence-corrected chi connectivity index (χ4v) is 2.50. The Hall–Kier alpha value is -1.87. The van der Waals surface area contributed by atoms with Gasteiger partial charge in [-0.2, -0.15) is 0 Å². The number of hydrogen-bond acceptors (Lipinski definition) is 2. The summed E-state index contributed by atoms with van der Waals surface area (Å²) in [7, 11) is 1.89. The zero-order chi connectivity index (χ0) is 13.3. The first-order valence-electron chi connectivity index (χ1n) is 6.68. The summed E-state index contributed by atoms with van der Waals surface area (Å²) in [5.74, 6) is 0.136. The first-order valence-corrected chi connectivity index (χ1v) is 6.68. The molecule has 1 amide bonds. The first kappa shape index (κ1) is 12.2. The van der Waals surface area contributed by atoms with E-state index in [1.54, 1.807) is 0 Å². The molecule has 2 aromatic carbocycles. The molecule has 3 nitrogen and oxygen atoms in total. The summed E-state index contributed by atoms with van der Waals surface area (Å²) in [6.07, 6.45) is 1.96. The third-order valence-corrected chi connectivity index (χ3v) is 3.86. The van der Waals surface area contributed by atoms with E-state index in [9.17, 15) is 4.79 Å². The highest BCUT2D eigenvalue weighted by atomic mass is 16.2. The standard InChI is InChI=1S/C16H18N2O/c1-17-11-16(8-9-16)15(19)18-14-7-6-12-4-2-3-5-13(12)10-14/h2-7,10,17H,8-9,11H2,1H3,(H,18,19). The van der Waals surface area contributed by atoms with Gasteiger partial charge in [-0.3, -0.25) is 4.79 Å². The Morgan fingerprint density at radius 3 is 2.58 bits per heavy atom. The molecular weight excluding hydrogens is 236 g/mol. The zero-order valence-electron chi connectivity index (χ0n) is 11.1. The lowest BCUT2D eigenvalue weighted by molar-refractivity contribution is -0.120. The predicted octanol–water partition coefficient (Wildman–Crippen LogP) is 2.78. The van der Waals surface area contributed by atoms with Crippen LogP contribution in [0.1, 0.15) is 12.8 Å². The lowest BCUT2D eigenvalue weighted by Gasteiger charge is -2.15. The summed E-state index contributed by atoms with van der Waals surface area (Å²) < 4.78 is 0. The molecule has 2 N–H and O–H groups in total. The van der Waals surface area contributed by atoms with Gasteiger partial charge in [0.1, 0.15) is 0 Å². The largest absolute Gasteiger partial charge is 0.326 e. The van der Waals surface area contributed by atoms with Gasteiger partial charge in [-0.25, -0.2) is 0 Å². The fourth-order valence-electron chi connectivity index (χ4n) is 2.50. The third-order valence-electron chi connectivity index (χ3n) is 3.86. The van der Waals surface area contributed by atoms with Crippen LogP contribution in [0.15, 0.2) is 42.5 Å². The van der Waals surface area contributed by atoms with Crippen LogP contribution in [-0.4, -0.2) is 19.5 Å². The van der Waals surface area contributed by atoms with Crippen LogP contribution in [0, 0.1) is 5.41 Å². The highest BCUT2D eigenvalue weighted by molar-refractivity contribution is 5.99. The molecule has 0 bridgehead atoms. The number of nitrogens with one attached hydrogen (secondary N) is 2. The van der Waals surface area contributed by atoms with Crippen molar-refractivity contribution in [2.45, 2.75) is 12.8 Å². The summed E-state index contributed by atoms with van der Waals surface area (Å²) in [6.45, 7) is 0.756. The first-order chi connectivity index (χ1) is 9.23. The molecule has 98 valence electrons. The van der Waals surface area contributed by atoms with E-state index in [1.165, 1.54) is 5.39 Å². The van der Waals surface area contributed by atoms with Gasteiger partial charge < -0.3 is 10.6 Å². The summed E-state index contributed by atoms with van der Waals surface area (Å²) in [5.41, 5.74) is 0.700. The molecule has 1 aliphatic rings. The van der Waals surface area contributed by atoms with E-state index < -0.39 is 0 Å². The van der Waals surface area contributed by atoms with Gasteiger partial charge >= 0.3 is 0 Å². The quantitative estimate of drug-likeness (QED) is 0.881. The van der Waals surface area contributed by atoms with E-state index >= 15 is 0 Å². The van der Waals surface area contributed by atoms with Gasteiger partial charge in [0.25, 0.3) is 0 Å². The molecule has 0 saturated heterocycles. The summed E-state index contributed by atoms with van der Waals surface area (Å²) in [6, 6.07) is 14.2. The molecule has 0 heterocycles. The van der Waals surface area contributed by atoms with Gasteiger partial charge in [0.15, 0.2) is 0 Å². The summed E-state index contributed by atoms with van der Waals surface area (Å²) in [5, 5.41) is 8.49. The van der Waals surface area contributed by atoms with Crippen LogP contribution in [0.4, 0.5) is 5.69 Å². The second kappa shape index (κ2) is 4.67. The number of rotatable bonds is 4. The molecular formula is C16H18N2O. The highest BCUT2D eigenvalue weighted by Crippen LogP contribution is 2.45. The number of amides is 1. The molecule has 0 spiro atoms. The molecule has 0 unspecified atom stereocenters. The Kier molecular flexibility index (Phi) is 2.99. The molecule has 1 aliphatic carbocycles. The lowest BCUT2D eigenvalue weighted by Crippen LogP contribution is -2.32. The normalized spacial score (nSPS) is 16.3. The number of benzene rings is 2. The molecule has 1 saturated carbocycles. The van der Waals surface area contributed by atoms with Crippen LogP contribution in [0.2, 0.25) is 0 Å². The zero-order valence-corrected chi connectivity index (χ0v) is 11.1. The number of fused-ring (bicyclic) bond motifs is 1. The van der Waals surface area contributed by atoms with Gasteiger partial charge in [0, 0.05) is 12.2 Å². The molecule has 0 radical (unpaired) electrons. The Balaban J connectivity index is 1.80. The highest BCUT2D eigenvalue weighted by Gasteiger charge is 2.49. The van der Waals surface area contributed by atoms with E-state index in [-0.39, 0.29) is 11.3 Å². The van der Waals surface area contributed by atoms with E-state index in [4.69, 9.17) is 0 Å². The van der Waals surface area contributed by atoms with Crippen molar-refractivity contribution in [3.8, 4) is 0 Å². The van der Waals surface area contributed by atoms with E-state index in [1.807, 2.05) is 37.4 Å². The molecule has 0 aromatic heterocycles. The Morgan fingerprint density at radius 1 is 1.16 bits per heavy atom. The van der Waals surface area contributed by atoms with Crippen molar-refractivity contribution in [1.82, 2.24) is 5.32 Å². The van der Waals surface area contributed by atoms with Crippen molar-refractivity contribution in [3.63, 3.8) is 0 Å². The maximum atomic E-state index is 12.3. The smallest absolute Gasteiger partial charge is 0.231 e. The van der Waals surface area contributed by atoms with Crippen LogP contribution in [-0.2, 0) is 4.79 Å². The number of carbonyl (C=O) groups is 1. The molecule has 2 aromatic rings. The Morgan fingerprint density at radius 2 is 1.89 bits per heavy atom. The maximum absolute atomic E-state index is 12.3. The molecule has 0 atom stereocenters. The van der Waals surface area contributed by atoms with Gasteiger partial charge in [-0.15, -0.1) is 0 Å². The summed E-state index contributed by atoms with van der Waals surface area (Å²) >= 11 is 0. The lowest BCUT2D eigenvalue weighted by atomic mass is 10.1. The molecule has 3 rings (SSSR count).